The van der Waals surface area contributed by atoms with E-state index in [1.807, 2.05) is 0 Å². The molecule has 2 aromatic carbocycles. The molecule has 180 valence electrons. The van der Waals surface area contributed by atoms with E-state index in [9.17, 15) is 35.1 Å². The van der Waals surface area contributed by atoms with Gasteiger partial charge in [0, 0.05) is 30.7 Å². The van der Waals surface area contributed by atoms with Gasteiger partial charge in [-0.2, -0.15) is 0 Å². The van der Waals surface area contributed by atoms with Crippen molar-refractivity contribution in [3.8, 4) is 28.6 Å². The van der Waals surface area contributed by atoms with Crippen molar-refractivity contribution in [1.82, 2.24) is 0 Å². The third-order valence-electron chi connectivity index (χ3n) is 5.27. The summed E-state index contributed by atoms with van der Waals surface area (Å²) >= 11 is 0. The smallest absolute Gasteiger partial charge is 0.308 e. The van der Waals surface area contributed by atoms with Gasteiger partial charge in [0.1, 0.15) is 58.4 Å². The molecule has 0 bridgehead atoms. The second kappa shape index (κ2) is 9.41. The molecule has 0 spiro atoms. The molecule has 34 heavy (non-hydrogen) atoms. The molecule has 1 aliphatic rings. The van der Waals surface area contributed by atoms with Gasteiger partial charge in [-0.3, -0.25) is 9.59 Å². The third kappa shape index (κ3) is 4.60. The van der Waals surface area contributed by atoms with Crippen LogP contribution in [0.4, 0.5) is 0 Å². The Bertz CT molecular complexity index is 1250. The molecule has 4 rings (SSSR count). The minimum atomic E-state index is -1.68. The molecule has 0 saturated carbocycles. The van der Waals surface area contributed by atoms with Crippen molar-refractivity contribution in [3.05, 3.63) is 52.7 Å². The summed E-state index contributed by atoms with van der Waals surface area (Å²) in [7, 11) is 0. The molecule has 1 saturated heterocycles. The monoisotopic (exact) mass is 474 g/mol. The van der Waals surface area contributed by atoms with E-state index in [1.165, 1.54) is 30.3 Å². The number of phenols is 1. The Balaban J connectivity index is 1.78. The number of phenolic OH excluding ortho intramolecular Hbond substituents is 1. The molecule has 1 unspecified atom stereocenters. The van der Waals surface area contributed by atoms with Crippen LogP contribution < -0.4 is 14.9 Å². The summed E-state index contributed by atoms with van der Waals surface area (Å²) in [6, 6.07) is 9.64. The van der Waals surface area contributed by atoms with Crippen LogP contribution in [0.15, 0.2) is 51.7 Å². The van der Waals surface area contributed by atoms with Gasteiger partial charge in [0.05, 0.1) is 6.61 Å². The lowest BCUT2D eigenvalue weighted by Gasteiger charge is -2.39. The molecule has 3 aromatic rings. The molecule has 1 aromatic heterocycles. The quantitative estimate of drug-likeness (QED) is 0.253. The molecular formula is C23H22O11. The van der Waals surface area contributed by atoms with Crippen LogP contribution in [0.5, 0.6) is 17.2 Å². The van der Waals surface area contributed by atoms with Crippen LogP contribution in [0.2, 0.25) is 0 Å². The van der Waals surface area contributed by atoms with Crippen LogP contribution in [0, 0.1) is 0 Å². The first-order valence-corrected chi connectivity index (χ1v) is 10.2. The lowest BCUT2D eigenvalue weighted by molar-refractivity contribution is -0.277. The number of esters is 1. The van der Waals surface area contributed by atoms with Crippen LogP contribution >= 0.6 is 0 Å². The van der Waals surface area contributed by atoms with Crippen molar-refractivity contribution in [3.63, 3.8) is 0 Å². The van der Waals surface area contributed by atoms with Crippen LogP contribution in [0.1, 0.15) is 6.92 Å². The normalized spacial score (nSPS) is 24.7. The van der Waals surface area contributed by atoms with Gasteiger partial charge < -0.3 is 44.2 Å². The zero-order valence-corrected chi connectivity index (χ0v) is 17.8. The lowest BCUT2D eigenvalue weighted by atomic mass is 9.99. The number of aromatic hydroxyl groups is 1. The van der Waals surface area contributed by atoms with E-state index >= 15 is 0 Å². The second-order valence-corrected chi connectivity index (χ2v) is 7.73. The Labute approximate surface area is 192 Å². The summed E-state index contributed by atoms with van der Waals surface area (Å²) in [5.41, 5.74) is -0.0417. The molecule has 5 atom stereocenters. The van der Waals surface area contributed by atoms with E-state index in [-0.39, 0.29) is 34.0 Å². The SMILES string of the molecule is CC(=O)Oc1cc(OC2O[C@H](CO)[C@@H](O)[C@H](O)[C@H]2O)cc2oc(-c3ccc(O)cc3)cc(=O)c12. The standard InChI is InChI=1S/C23H22O11/c1-10(25)31-16-6-13(32-23-22(30)21(29)20(28)18(9-24)34-23)7-17-19(16)14(27)8-15(33-17)11-2-4-12(26)5-3-11/h2-8,18,20-24,26,28-30H,9H2,1H3/t18-,20-,21+,22-,23?/m1/s1. The summed E-state index contributed by atoms with van der Waals surface area (Å²) < 4.78 is 22.0. The molecule has 0 radical (unpaired) electrons. The Kier molecular flexibility index (Phi) is 6.55. The third-order valence-corrected chi connectivity index (χ3v) is 5.27. The molecule has 11 nitrogen and oxygen atoms in total. The number of hydrogen-bond donors (Lipinski definition) is 5. The first kappa shape index (κ1) is 23.7. The van der Waals surface area contributed by atoms with E-state index in [2.05, 4.69) is 0 Å². The summed E-state index contributed by atoms with van der Waals surface area (Å²) in [5.74, 6) is -0.751. The molecule has 2 heterocycles. The van der Waals surface area contributed by atoms with Gasteiger partial charge in [0.2, 0.25) is 6.29 Å². The zero-order chi connectivity index (χ0) is 24.6. The summed E-state index contributed by atoms with van der Waals surface area (Å²) in [6.45, 7) is 0.496. The number of hydrogen-bond acceptors (Lipinski definition) is 11. The van der Waals surface area contributed by atoms with Crippen molar-refractivity contribution in [2.75, 3.05) is 6.61 Å². The van der Waals surface area contributed by atoms with Crippen LogP contribution in [0.3, 0.4) is 0 Å². The predicted octanol–water partition coefficient (Wildman–Crippen LogP) is 0.270. The summed E-state index contributed by atoms with van der Waals surface area (Å²) in [6.07, 6.45) is -7.62. The highest BCUT2D eigenvalue weighted by atomic mass is 16.7. The number of rotatable bonds is 5. The van der Waals surface area contributed by atoms with Gasteiger partial charge >= 0.3 is 5.97 Å². The zero-order valence-electron chi connectivity index (χ0n) is 17.8. The number of carbonyl (C=O) groups excluding carboxylic acids is 1. The minimum Gasteiger partial charge on any atom is -0.508 e. The number of benzene rings is 2. The fourth-order valence-electron chi connectivity index (χ4n) is 3.60. The molecule has 1 aliphatic heterocycles. The lowest BCUT2D eigenvalue weighted by Crippen LogP contribution is -2.60. The number of fused-ring (bicyclic) bond motifs is 1. The Morgan fingerprint density at radius 1 is 1.03 bits per heavy atom. The molecule has 0 amide bonds. The average Bonchev–Trinajstić information content (AvgIpc) is 2.79. The highest BCUT2D eigenvalue weighted by Gasteiger charge is 2.44. The maximum Gasteiger partial charge on any atom is 0.308 e. The average molecular weight is 474 g/mol. The van der Waals surface area contributed by atoms with Crippen LogP contribution in [-0.4, -0.2) is 68.8 Å². The maximum atomic E-state index is 12.9. The van der Waals surface area contributed by atoms with Gasteiger partial charge in [-0.1, -0.05) is 0 Å². The Morgan fingerprint density at radius 3 is 2.38 bits per heavy atom. The van der Waals surface area contributed by atoms with Crippen molar-refractivity contribution >= 4 is 16.9 Å². The Morgan fingerprint density at radius 2 is 1.74 bits per heavy atom. The summed E-state index contributed by atoms with van der Waals surface area (Å²) in [4.78, 5) is 24.5. The first-order valence-electron chi connectivity index (χ1n) is 10.2. The van der Waals surface area contributed by atoms with E-state index in [0.717, 1.165) is 6.92 Å². The largest absolute Gasteiger partial charge is 0.508 e. The van der Waals surface area contributed by atoms with Crippen molar-refractivity contribution < 1.29 is 49.0 Å². The van der Waals surface area contributed by atoms with E-state index in [0.29, 0.717) is 5.56 Å². The van der Waals surface area contributed by atoms with Gasteiger partial charge in [-0.15, -0.1) is 0 Å². The molecule has 5 N–H and O–H groups in total. The molecule has 1 fully saturated rings. The van der Waals surface area contributed by atoms with E-state index in [4.69, 9.17) is 18.6 Å². The van der Waals surface area contributed by atoms with Gasteiger partial charge in [0.15, 0.2) is 5.43 Å². The highest BCUT2D eigenvalue weighted by molar-refractivity contribution is 5.88. The van der Waals surface area contributed by atoms with Gasteiger partial charge in [-0.25, -0.2) is 0 Å². The maximum absolute atomic E-state index is 12.9. The number of carbonyl (C=O) groups is 1. The van der Waals surface area contributed by atoms with Gasteiger partial charge in [0.25, 0.3) is 0 Å². The molecule has 11 heteroatoms. The first-order chi connectivity index (χ1) is 16.2. The van der Waals surface area contributed by atoms with Crippen molar-refractivity contribution in [2.24, 2.45) is 0 Å². The van der Waals surface area contributed by atoms with Crippen molar-refractivity contribution in [1.29, 1.82) is 0 Å². The number of aliphatic hydroxyl groups excluding tert-OH is 4. The topological polar surface area (TPSA) is 176 Å². The van der Waals surface area contributed by atoms with Crippen LogP contribution in [-0.2, 0) is 9.53 Å². The Hall–Kier alpha value is -3.48. The van der Waals surface area contributed by atoms with Crippen molar-refractivity contribution in [2.45, 2.75) is 37.6 Å². The minimum absolute atomic E-state index is 0.0195. The summed E-state index contributed by atoms with van der Waals surface area (Å²) in [5, 5.41) is 49.0. The van der Waals surface area contributed by atoms with Gasteiger partial charge in [-0.05, 0) is 24.3 Å². The highest BCUT2D eigenvalue weighted by Crippen LogP contribution is 2.34. The number of aliphatic hydroxyl groups is 4. The van der Waals surface area contributed by atoms with E-state index in [1.54, 1.807) is 12.1 Å². The predicted molar refractivity (Wildman–Crippen MR) is 115 cm³/mol. The fourth-order valence-corrected chi connectivity index (χ4v) is 3.60. The molecule has 0 aliphatic carbocycles. The van der Waals surface area contributed by atoms with E-state index < -0.39 is 48.7 Å². The van der Waals surface area contributed by atoms with Crippen LogP contribution in [0.25, 0.3) is 22.3 Å². The number of ether oxygens (including phenoxy) is 3. The fraction of sp³-hybridized carbons (Fsp3) is 0.304. The molecular weight excluding hydrogens is 452 g/mol. The second-order valence-electron chi connectivity index (χ2n) is 7.73.